The van der Waals surface area contributed by atoms with Crippen LogP contribution in [0.15, 0.2) is 59.7 Å². The van der Waals surface area contributed by atoms with Gasteiger partial charge in [0.15, 0.2) is 0 Å². The second-order valence-corrected chi connectivity index (χ2v) is 4.53. The molecular weight excluding hydrogens is 264 g/mol. The number of ether oxygens (including phenoxy) is 1. The molecule has 21 heavy (non-hydrogen) atoms. The zero-order valence-electron chi connectivity index (χ0n) is 12.2. The second kappa shape index (κ2) is 7.24. The van der Waals surface area contributed by atoms with Gasteiger partial charge in [-0.1, -0.05) is 25.1 Å². The van der Waals surface area contributed by atoms with Crippen LogP contribution >= 0.6 is 0 Å². The first kappa shape index (κ1) is 14.8. The lowest BCUT2D eigenvalue weighted by Crippen LogP contribution is -2.17. The summed E-state index contributed by atoms with van der Waals surface area (Å²) in [6, 6.07) is 17.2. The third-order valence-electron chi connectivity index (χ3n) is 2.92. The van der Waals surface area contributed by atoms with Crippen LogP contribution < -0.4 is 10.2 Å². The highest BCUT2D eigenvalue weighted by molar-refractivity contribution is 5.99. The molecule has 1 amide bonds. The fraction of sp³-hybridized carbons (Fsp3) is 0.176. The van der Waals surface area contributed by atoms with Gasteiger partial charge in [0, 0.05) is 6.42 Å². The molecule has 0 aliphatic carbocycles. The van der Waals surface area contributed by atoms with Crippen LogP contribution in [0.25, 0.3) is 0 Å². The van der Waals surface area contributed by atoms with Crippen LogP contribution in [0.1, 0.15) is 25.8 Å². The molecule has 0 aromatic heterocycles. The summed E-state index contributed by atoms with van der Waals surface area (Å²) in [4.78, 5) is 11.2. The van der Waals surface area contributed by atoms with Gasteiger partial charge >= 0.3 is 0 Å². The molecule has 0 heterocycles. The molecule has 0 atom stereocenters. The lowest BCUT2D eigenvalue weighted by Gasteiger charge is -2.06. The zero-order valence-corrected chi connectivity index (χ0v) is 12.2. The zero-order chi connectivity index (χ0) is 15.1. The fourth-order valence-corrected chi connectivity index (χ4v) is 1.68. The molecule has 4 nitrogen and oxygen atoms in total. The number of para-hydroxylation sites is 1. The minimum Gasteiger partial charge on any atom is -0.457 e. The number of nitrogens with zero attached hydrogens (tertiary/aromatic N) is 1. The Morgan fingerprint density at radius 3 is 2.29 bits per heavy atom. The van der Waals surface area contributed by atoms with E-state index in [-0.39, 0.29) is 5.91 Å². The lowest BCUT2D eigenvalue weighted by molar-refractivity contribution is -0.120. The van der Waals surface area contributed by atoms with Crippen LogP contribution in [0.5, 0.6) is 11.5 Å². The number of benzene rings is 2. The Labute approximate surface area is 124 Å². The first-order valence-corrected chi connectivity index (χ1v) is 6.85. The molecule has 0 saturated heterocycles. The summed E-state index contributed by atoms with van der Waals surface area (Å²) in [7, 11) is 0. The SMILES string of the molecule is CCC(=O)NN=C(C)c1ccc(Oc2ccccc2)cc1. The number of rotatable bonds is 5. The highest BCUT2D eigenvalue weighted by atomic mass is 16.5. The molecule has 108 valence electrons. The normalized spacial score (nSPS) is 11.0. The maximum absolute atomic E-state index is 11.2. The summed E-state index contributed by atoms with van der Waals surface area (Å²) in [5.41, 5.74) is 4.19. The number of hydrogen-bond donors (Lipinski definition) is 1. The van der Waals surface area contributed by atoms with E-state index < -0.39 is 0 Å². The van der Waals surface area contributed by atoms with Crippen molar-refractivity contribution in [3.63, 3.8) is 0 Å². The van der Waals surface area contributed by atoms with Crippen LogP contribution in [0.2, 0.25) is 0 Å². The molecule has 2 rings (SSSR count). The molecule has 0 spiro atoms. The van der Waals surface area contributed by atoms with E-state index in [2.05, 4.69) is 10.5 Å². The maximum Gasteiger partial charge on any atom is 0.239 e. The molecular formula is C17H18N2O2. The van der Waals surface area contributed by atoms with E-state index in [0.717, 1.165) is 22.8 Å². The monoisotopic (exact) mass is 282 g/mol. The molecule has 2 aromatic rings. The summed E-state index contributed by atoms with van der Waals surface area (Å²) in [6.07, 6.45) is 0.417. The molecule has 0 radical (unpaired) electrons. The van der Waals surface area contributed by atoms with E-state index in [1.807, 2.05) is 61.5 Å². The highest BCUT2D eigenvalue weighted by Gasteiger charge is 2.01. The standard InChI is InChI=1S/C17H18N2O2/c1-3-17(20)19-18-13(2)14-9-11-16(12-10-14)21-15-7-5-4-6-8-15/h4-12H,3H2,1-2H3,(H,19,20). The molecule has 0 fully saturated rings. The third kappa shape index (κ3) is 4.45. The molecule has 0 aliphatic rings. The largest absolute Gasteiger partial charge is 0.457 e. The van der Waals surface area contributed by atoms with Crippen molar-refractivity contribution in [2.45, 2.75) is 20.3 Å². The van der Waals surface area contributed by atoms with Crippen LogP contribution in [0.4, 0.5) is 0 Å². The molecule has 0 aliphatic heterocycles. The average Bonchev–Trinajstić information content (AvgIpc) is 2.54. The Balaban J connectivity index is 2.03. The van der Waals surface area contributed by atoms with Gasteiger partial charge in [0.2, 0.25) is 5.91 Å². The van der Waals surface area contributed by atoms with E-state index in [9.17, 15) is 4.79 Å². The third-order valence-corrected chi connectivity index (χ3v) is 2.92. The predicted octanol–water partition coefficient (Wildman–Crippen LogP) is 3.73. The Hall–Kier alpha value is -2.62. The maximum atomic E-state index is 11.2. The van der Waals surface area contributed by atoms with Crippen LogP contribution in [0, 0.1) is 0 Å². The summed E-state index contributed by atoms with van der Waals surface area (Å²) in [5, 5.41) is 4.06. The summed E-state index contributed by atoms with van der Waals surface area (Å²) >= 11 is 0. The molecule has 2 aromatic carbocycles. The van der Waals surface area contributed by atoms with Gasteiger partial charge < -0.3 is 4.74 Å². The van der Waals surface area contributed by atoms with E-state index in [0.29, 0.717) is 6.42 Å². The van der Waals surface area contributed by atoms with Gasteiger partial charge in [0.05, 0.1) is 5.71 Å². The van der Waals surface area contributed by atoms with E-state index in [1.165, 1.54) is 0 Å². The van der Waals surface area contributed by atoms with E-state index in [1.54, 1.807) is 6.92 Å². The summed E-state index contributed by atoms with van der Waals surface area (Å²) in [5.74, 6) is 1.46. The van der Waals surface area contributed by atoms with Gasteiger partial charge in [-0.15, -0.1) is 0 Å². The van der Waals surface area contributed by atoms with Gasteiger partial charge in [-0.3, -0.25) is 4.79 Å². The first-order chi connectivity index (χ1) is 10.2. The minimum absolute atomic E-state index is 0.0987. The van der Waals surface area contributed by atoms with Gasteiger partial charge in [-0.05, 0) is 48.9 Å². The average molecular weight is 282 g/mol. The molecule has 4 heteroatoms. The minimum atomic E-state index is -0.0987. The number of carbonyl (C=O) groups excluding carboxylic acids is 1. The molecule has 0 bridgehead atoms. The Morgan fingerprint density at radius 2 is 1.67 bits per heavy atom. The van der Waals surface area contributed by atoms with Crippen LogP contribution in [-0.4, -0.2) is 11.6 Å². The van der Waals surface area contributed by atoms with Gasteiger partial charge in [0.25, 0.3) is 0 Å². The van der Waals surface area contributed by atoms with Gasteiger partial charge in [-0.2, -0.15) is 5.10 Å². The van der Waals surface area contributed by atoms with Crippen molar-refractivity contribution in [3.05, 3.63) is 60.2 Å². The van der Waals surface area contributed by atoms with Crippen LogP contribution in [-0.2, 0) is 4.79 Å². The van der Waals surface area contributed by atoms with Crippen molar-refractivity contribution >= 4 is 11.6 Å². The van der Waals surface area contributed by atoms with E-state index >= 15 is 0 Å². The molecule has 1 N–H and O–H groups in total. The Kier molecular flexibility index (Phi) is 5.10. The topological polar surface area (TPSA) is 50.7 Å². The number of amides is 1. The van der Waals surface area contributed by atoms with Crippen molar-refractivity contribution < 1.29 is 9.53 Å². The molecule has 0 saturated carbocycles. The van der Waals surface area contributed by atoms with Crippen molar-refractivity contribution in [2.75, 3.05) is 0 Å². The summed E-state index contributed by atoms with van der Waals surface area (Å²) in [6.45, 7) is 3.64. The number of hydrazone groups is 1. The Morgan fingerprint density at radius 1 is 1.05 bits per heavy atom. The number of nitrogens with one attached hydrogen (secondary N) is 1. The van der Waals surface area contributed by atoms with Gasteiger partial charge in [-0.25, -0.2) is 5.43 Å². The quantitative estimate of drug-likeness (QED) is 0.671. The predicted molar refractivity (Wildman–Crippen MR) is 83.6 cm³/mol. The highest BCUT2D eigenvalue weighted by Crippen LogP contribution is 2.21. The first-order valence-electron chi connectivity index (χ1n) is 6.85. The Bertz CT molecular complexity index is 619. The smallest absolute Gasteiger partial charge is 0.239 e. The van der Waals surface area contributed by atoms with Crippen molar-refractivity contribution in [1.29, 1.82) is 0 Å². The van der Waals surface area contributed by atoms with Crippen molar-refractivity contribution in [2.24, 2.45) is 5.10 Å². The fourth-order valence-electron chi connectivity index (χ4n) is 1.68. The lowest BCUT2D eigenvalue weighted by atomic mass is 10.1. The van der Waals surface area contributed by atoms with Gasteiger partial charge in [0.1, 0.15) is 11.5 Å². The number of hydrogen-bond acceptors (Lipinski definition) is 3. The second-order valence-electron chi connectivity index (χ2n) is 4.53. The van der Waals surface area contributed by atoms with E-state index in [4.69, 9.17) is 4.74 Å². The van der Waals surface area contributed by atoms with Crippen molar-refractivity contribution in [1.82, 2.24) is 5.43 Å². The molecule has 0 unspecified atom stereocenters. The van der Waals surface area contributed by atoms with Crippen LogP contribution in [0.3, 0.4) is 0 Å². The summed E-state index contributed by atoms with van der Waals surface area (Å²) < 4.78 is 5.72. The number of carbonyl (C=O) groups is 1. The van der Waals surface area contributed by atoms with Crippen molar-refractivity contribution in [3.8, 4) is 11.5 Å².